The lowest BCUT2D eigenvalue weighted by Crippen LogP contribution is -2.29. The van der Waals surface area contributed by atoms with Crippen molar-refractivity contribution in [1.82, 2.24) is 14.5 Å². The molecule has 0 aliphatic carbocycles. The van der Waals surface area contributed by atoms with Gasteiger partial charge in [0.15, 0.2) is 12.4 Å². The number of aromatic nitrogens is 3. The molecule has 1 aliphatic rings. The average Bonchev–Trinajstić information content (AvgIpc) is 2.90. The Kier molecular flexibility index (Phi) is 3.08. The lowest BCUT2D eigenvalue weighted by Gasteiger charge is -2.16. The predicted octanol–water partition coefficient (Wildman–Crippen LogP) is -0.0894. The number of hydrogen-bond donors (Lipinski definition) is 3. The molecule has 0 amide bonds. The zero-order valence-electron chi connectivity index (χ0n) is 10.8. The van der Waals surface area contributed by atoms with Crippen molar-refractivity contribution in [3.05, 3.63) is 18.1 Å². The molecule has 0 aromatic carbocycles. The first-order valence-electron chi connectivity index (χ1n) is 6.20. The fourth-order valence-electron chi connectivity index (χ4n) is 2.58. The van der Waals surface area contributed by atoms with Gasteiger partial charge in [0.05, 0.1) is 12.0 Å². The molecule has 4 atom stereocenters. The predicted molar refractivity (Wildman–Crippen MR) is 68.6 cm³/mol. The molecule has 0 radical (unpaired) electrons. The van der Waals surface area contributed by atoms with Crippen LogP contribution in [-0.2, 0) is 4.74 Å². The van der Waals surface area contributed by atoms with Crippen LogP contribution in [0.4, 0.5) is 10.2 Å². The van der Waals surface area contributed by atoms with Crippen LogP contribution in [0.25, 0.3) is 11.0 Å². The molecule has 4 N–H and O–H groups in total. The second kappa shape index (κ2) is 4.65. The number of fused-ring (bicyclic) bond motifs is 1. The van der Waals surface area contributed by atoms with Crippen LogP contribution in [0, 0.1) is 6.92 Å². The van der Waals surface area contributed by atoms with Gasteiger partial charge < -0.3 is 25.3 Å². The van der Waals surface area contributed by atoms with Gasteiger partial charge in [-0.25, -0.2) is 14.4 Å². The minimum Gasteiger partial charge on any atom is -0.394 e. The lowest BCUT2D eigenvalue weighted by atomic mass is 10.1. The van der Waals surface area contributed by atoms with Gasteiger partial charge in [-0.15, -0.1) is 0 Å². The molecule has 20 heavy (non-hydrogen) atoms. The molecule has 1 saturated heterocycles. The van der Waals surface area contributed by atoms with Gasteiger partial charge in [0, 0.05) is 6.20 Å². The first kappa shape index (κ1) is 13.2. The smallest absolute Gasteiger partial charge is 0.164 e. The third-order valence-electron chi connectivity index (χ3n) is 3.57. The van der Waals surface area contributed by atoms with Crippen molar-refractivity contribution in [2.24, 2.45) is 0 Å². The lowest BCUT2D eigenvalue weighted by molar-refractivity contribution is -0.0493. The van der Waals surface area contributed by atoms with Crippen LogP contribution in [0.1, 0.15) is 11.8 Å². The largest absolute Gasteiger partial charge is 0.394 e. The molecular weight excluding hydrogens is 267 g/mol. The second-order valence-electron chi connectivity index (χ2n) is 4.86. The first-order valence-corrected chi connectivity index (χ1v) is 6.20. The number of alkyl halides is 1. The molecule has 2 aromatic heterocycles. The van der Waals surface area contributed by atoms with Crippen molar-refractivity contribution in [1.29, 1.82) is 0 Å². The number of aliphatic hydroxyl groups is 2. The molecule has 3 heterocycles. The minimum absolute atomic E-state index is 0.314. The molecule has 0 bridgehead atoms. The molecule has 0 unspecified atom stereocenters. The topological polar surface area (TPSA) is 106 Å². The summed E-state index contributed by atoms with van der Waals surface area (Å²) < 4.78 is 20.7. The first-order chi connectivity index (χ1) is 9.54. The van der Waals surface area contributed by atoms with Crippen LogP contribution in [0.5, 0.6) is 0 Å². The molecule has 0 saturated carbocycles. The highest BCUT2D eigenvalue weighted by Gasteiger charge is 2.45. The number of ether oxygens (including phenoxy) is 1. The van der Waals surface area contributed by atoms with Crippen molar-refractivity contribution in [2.45, 2.75) is 31.5 Å². The Morgan fingerprint density at radius 1 is 1.50 bits per heavy atom. The van der Waals surface area contributed by atoms with Crippen LogP contribution in [0.2, 0.25) is 0 Å². The van der Waals surface area contributed by atoms with E-state index in [0.29, 0.717) is 16.9 Å². The van der Waals surface area contributed by atoms with Crippen LogP contribution in [-0.4, -0.2) is 49.7 Å². The van der Waals surface area contributed by atoms with E-state index in [0.717, 1.165) is 5.56 Å². The highest BCUT2D eigenvalue weighted by Crippen LogP contribution is 2.35. The summed E-state index contributed by atoms with van der Waals surface area (Å²) in [5.41, 5.74) is 7.07. The Balaban J connectivity index is 2.10. The van der Waals surface area contributed by atoms with Gasteiger partial charge >= 0.3 is 0 Å². The molecule has 108 valence electrons. The van der Waals surface area contributed by atoms with E-state index in [1.807, 2.05) is 6.92 Å². The maximum absolute atomic E-state index is 13.8. The number of anilines is 1. The Bertz CT molecular complexity index is 647. The van der Waals surface area contributed by atoms with Gasteiger partial charge in [-0.3, -0.25) is 0 Å². The third-order valence-corrected chi connectivity index (χ3v) is 3.57. The molecular formula is C12H15FN4O3. The van der Waals surface area contributed by atoms with Gasteiger partial charge in [0.25, 0.3) is 0 Å². The van der Waals surface area contributed by atoms with E-state index in [9.17, 15) is 9.50 Å². The van der Waals surface area contributed by atoms with Crippen molar-refractivity contribution >= 4 is 16.9 Å². The molecule has 1 aliphatic heterocycles. The molecule has 2 aromatic rings. The zero-order chi connectivity index (χ0) is 14.4. The molecule has 0 spiro atoms. The average molecular weight is 282 g/mol. The summed E-state index contributed by atoms with van der Waals surface area (Å²) in [5.74, 6) is 0.314. The van der Waals surface area contributed by atoms with E-state index < -0.39 is 31.2 Å². The van der Waals surface area contributed by atoms with E-state index >= 15 is 0 Å². The van der Waals surface area contributed by atoms with Crippen LogP contribution in [0.3, 0.4) is 0 Å². The van der Waals surface area contributed by atoms with Gasteiger partial charge in [0.2, 0.25) is 0 Å². The number of halogens is 1. The normalized spacial score (nSPS) is 30.2. The van der Waals surface area contributed by atoms with Crippen LogP contribution in [0.15, 0.2) is 12.5 Å². The van der Waals surface area contributed by atoms with Crippen molar-refractivity contribution < 1.29 is 19.3 Å². The Hall–Kier alpha value is -1.77. The van der Waals surface area contributed by atoms with E-state index in [2.05, 4.69) is 9.97 Å². The SMILES string of the molecule is Cc1cn([C@@H]2O[C@H](CO)[C@@H](F)[C@H]2O)c2ncnc(N)c12. The maximum Gasteiger partial charge on any atom is 0.164 e. The number of aliphatic hydroxyl groups excluding tert-OH is 2. The van der Waals surface area contributed by atoms with Gasteiger partial charge in [-0.1, -0.05) is 0 Å². The zero-order valence-corrected chi connectivity index (χ0v) is 10.8. The van der Waals surface area contributed by atoms with E-state index in [4.69, 9.17) is 15.6 Å². The number of rotatable bonds is 2. The number of hydrogen-bond acceptors (Lipinski definition) is 6. The second-order valence-corrected chi connectivity index (χ2v) is 4.86. The number of aryl methyl sites for hydroxylation is 1. The highest BCUT2D eigenvalue weighted by atomic mass is 19.1. The highest BCUT2D eigenvalue weighted by molar-refractivity contribution is 5.89. The molecule has 1 fully saturated rings. The van der Waals surface area contributed by atoms with E-state index in [-0.39, 0.29) is 0 Å². The van der Waals surface area contributed by atoms with E-state index in [1.165, 1.54) is 10.9 Å². The van der Waals surface area contributed by atoms with Gasteiger partial charge in [-0.2, -0.15) is 0 Å². The Morgan fingerprint density at radius 3 is 2.90 bits per heavy atom. The summed E-state index contributed by atoms with van der Waals surface area (Å²) in [7, 11) is 0. The summed E-state index contributed by atoms with van der Waals surface area (Å²) >= 11 is 0. The van der Waals surface area contributed by atoms with Crippen molar-refractivity contribution in [3.63, 3.8) is 0 Å². The molecule has 3 rings (SSSR count). The minimum atomic E-state index is -1.65. The Morgan fingerprint density at radius 2 is 2.25 bits per heavy atom. The van der Waals surface area contributed by atoms with Gasteiger partial charge in [0.1, 0.15) is 30.0 Å². The summed E-state index contributed by atoms with van der Waals surface area (Å²) in [6, 6.07) is 0. The van der Waals surface area contributed by atoms with Gasteiger partial charge in [-0.05, 0) is 12.5 Å². The Labute approximate surface area is 113 Å². The maximum atomic E-state index is 13.8. The van der Waals surface area contributed by atoms with Crippen molar-refractivity contribution in [3.8, 4) is 0 Å². The summed E-state index contributed by atoms with van der Waals surface area (Å²) in [5, 5.41) is 19.6. The molecule has 8 heteroatoms. The van der Waals surface area contributed by atoms with Crippen LogP contribution >= 0.6 is 0 Å². The number of nitrogen functional groups attached to an aromatic ring is 1. The van der Waals surface area contributed by atoms with Crippen molar-refractivity contribution in [2.75, 3.05) is 12.3 Å². The fourth-order valence-corrected chi connectivity index (χ4v) is 2.58. The number of nitrogens with two attached hydrogens (primary N) is 1. The fraction of sp³-hybridized carbons (Fsp3) is 0.500. The van der Waals surface area contributed by atoms with Crippen LogP contribution < -0.4 is 5.73 Å². The summed E-state index contributed by atoms with van der Waals surface area (Å²) in [6.07, 6.45) is -2.05. The summed E-state index contributed by atoms with van der Waals surface area (Å²) in [6.45, 7) is 1.32. The monoisotopic (exact) mass is 282 g/mol. The summed E-state index contributed by atoms with van der Waals surface area (Å²) in [4.78, 5) is 8.02. The standard InChI is InChI=1S/C12H15FN4O3/c1-5-2-17(11-7(5)10(14)15-4-16-11)12-9(19)8(13)6(3-18)20-12/h2,4,6,8-9,12,18-19H,3H2,1H3,(H2,14,15,16)/t6-,8-,9-,12-/m1/s1. The quantitative estimate of drug-likeness (QED) is 0.711. The third kappa shape index (κ3) is 1.76. The molecule has 7 nitrogen and oxygen atoms in total. The van der Waals surface area contributed by atoms with E-state index in [1.54, 1.807) is 6.20 Å². The number of nitrogens with zero attached hydrogens (tertiary/aromatic N) is 3.